The quantitative estimate of drug-likeness (QED) is 0.426. The summed E-state index contributed by atoms with van der Waals surface area (Å²) in [5.41, 5.74) is 9.72. The monoisotopic (exact) mass is 437 g/mol. The number of ether oxygens (including phenoxy) is 2. The van der Waals surface area contributed by atoms with Gasteiger partial charge >= 0.3 is 0 Å². The predicted molar refractivity (Wildman–Crippen MR) is 120 cm³/mol. The normalized spacial score (nSPS) is 23.6. The van der Waals surface area contributed by atoms with Crippen molar-refractivity contribution in [3.8, 4) is 0 Å². The molecule has 0 radical (unpaired) electrons. The van der Waals surface area contributed by atoms with Crippen LogP contribution in [0.5, 0.6) is 0 Å². The van der Waals surface area contributed by atoms with Gasteiger partial charge in [0.25, 0.3) is 0 Å². The number of aromatic nitrogens is 2. The summed E-state index contributed by atoms with van der Waals surface area (Å²) in [7, 11) is 0. The molecule has 1 aromatic heterocycles. The molecule has 2 aromatic carbocycles. The zero-order valence-corrected chi connectivity index (χ0v) is 18.2. The standard InChI is InChI=1S/C24H27N3O3S/c1-16-21(15-31-24-26-11-2-12-27-24)29-23(20-9-3-17(13-25)4-10-20)30-22(16)19-7-5-18(14-28)6-8-19/h2-12,16,21-23,28H,13-15,25H2,1H3. The van der Waals surface area contributed by atoms with Gasteiger partial charge in [0.15, 0.2) is 11.4 Å². The number of nitrogens with two attached hydrogens (primary N) is 1. The second kappa shape index (κ2) is 10.3. The van der Waals surface area contributed by atoms with Gasteiger partial charge in [0.2, 0.25) is 0 Å². The smallest absolute Gasteiger partial charge is 0.187 e. The Morgan fingerprint density at radius 1 is 0.935 bits per heavy atom. The highest BCUT2D eigenvalue weighted by molar-refractivity contribution is 7.99. The number of thioether (sulfide) groups is 1. The van der Waals surface area contributed by atoms with Crippen molar-refractivity contribution < 1.29 is 14.6 Å². The minimum Gasteiger partial charge on any atom is -0.392 e. The first-order valence-corrected chi connectivity index (χ1v) is 11.4. The van der Waals surface area contributed by atoms with Crippen molar-refractivity contribution in [3.05, 3.63) is 89.2 Å². The fourth-order valence-electron chi connectivity index (χ4n) is 3.64. The van der Waals surface area contributed by atoms with Crippen molar-refractivity contribution in [3.63, 3.8) is 0 Å². The molecule has 2 heterocycles. The molecule has 1 saturated heterocycles. The molecular weight excluding hydrogens is 410 g/mol. The van der Waals surface area contributed by atoms with Crippen LogP contribution in [0.25, 0.3) is 0 Å². The van der Waals surface area contributed by atoms with Crippen LogP contribution in [0.1, 0.15) is 41.6 Å². The molecule has 7 heteroatoms. The third kappa shape index (κ3) is 5.31. The van der Waals surface area contributed by atoms with Crippen LogP contribution < -0.4 is 5.73 Å². The second-order valence-corrected chi connectivity index (χ2v) is 8.60. The molecule has 1 aliphatic heterocycles. The predicted octanol–water partition coefficient (Wildman–Crippen LogP) is 4.01. The third-order valence-electron chi connectivity index (χ3n) is 5.53. The van der Waals surface area contributed by atoms with E-state index < -0.39 is 6.29 Å². The molecule has 0 spiro atoms. The zero-order chi connectivity index (χ0) is 21.6. The lowest BCUT2D eigenvalue weighted by atomic mass is 9.91. The van der Waals surface area contributed by atoms with E-state index in [1.54, 1.807) is 24.2 Å². The van der Waals surface area contributed by atoms with Gasteiger partial charge in [0, 0.05) is 36.2 Å². The van der Waals surface area contributed by atoms with Crippen LogP contribution in [0.2, 0.25) is 0 Å². The number of rotatable bonds is 7. The minimum atomic E-state index is -0.479. The molecule has 1 aliphatic rings. The van der Waals surface area contributed by atoms with E-state index in [-0.39, 0.29) is 24.7 Å². The van der Waals surface area contributed by atoms with Crippen LogP contribution >= 0.6 is 11.8 Å². The summed E-state index contributed by atoms with van der Waals surface area (Å²) in [6.07, 6.45) is 2.83. The van der Waals surface area contributed by atoms with E-state index in [4.69, 9.17) is 15.2 Å². The second-order valence-electron chi connectivity index (χ2n) is 7.61. The van der Waals surface area contributed by atoms with Gasteiger partial charge in [0.1, 0.15) is 0 Å². The van der Waals surface area contributed by atoms with Crippen molar-refractivity contribution in [2.24, 2.45) is 11.7 Å². The minimum absolute atomic E-state index is 0.0247. The van der Waals surface area contributed by atoms with E-state index in [1.807, 2.05) is 54.6 Å². The average Bonchev–Trinajstić information content (AvgIpc) is 2.84. The average molecular weight is 438 g/mol. The molecule has 0 bridgehead atoms. The Hall–Kier alpha value is -2.29. The van der Waals surface area contributed by atoms with Gasteiger partial charge in [0.05, 0.1) is 18.8 Å². The van der Waals surface area contributed by atoms with Gasteiger partial charge in [-0.25, -0.2) is 9.97 Å². The number of nitrogens with zero attached hydrogens (tertiary/aromatic N) is 2. The molecular formula is C24H27N3O3S. The van der Waals surface area contributed by atoms with Crippen LogP contribution in [-0.4, -0.2) is 26.9 Å². The van der Waals surface area contributed by atoms with E-state index in [2.05, 4.69) is 16.9 Å². The van der Waals surface area contributed by atoms with Crippen molar-refractivity contribution in [1.82, 2.24) is 9.97 Å². The Balaban J connectivity index is 1.58. The summed E-state index contributed by atoms with van der Waals surface area (Å²) in [6.45, 7) is 2.67. The molecule has 162 valence electrons. The lowest BCUT2D eigenvalue weighted by Gasteiger charge is -2.41. The highest BCUT2D eigenvalue weighted by Crippen LogP contribution is 2.42. The van der Waals surface area contributed by atoms with Crippen LogP contribution in [0.15, 0.2) is 72.1 Å². The van der Waals surface area contributed by atoms with Crippen molar-refractivity contribution >= 4 is 11.8 Å². The summed E-state index contributed by atoms with van der Waals surface area (Å²) in [4.78, 5) is 8.62. The van der Waals surface area contributed by atoms with E-state index >= 15 is 0 Å². The van der Waals surface area contributed by atoms with Gasteiger partial charge < -0.3 is 20.3 Å². The van der Waals surface area contributed by atoms with Crippen molar-refractivity contribution in [1.29, 1.82) is 0 Å². The largest absolute Gasteiger partial charge is 0.392 e. The Labute approximate surface area is 186 Å². The van der Waals surface area contributed by atoms with Crippen molar-refractivity contribution in [2.45, 2.75) is 43.7 Å². The molecule has 3 aromatic rings. The summed E-state index contributed by atoms with van der Waals surface area (Å²) in [5, 5.41) is 10.1. The molecule has 4 unspecified atom stereocenters. The lowest BCUT2D eigenvalue weighted by Crippen LogP contribution is -2.38. The Morgan fingerprint density at radius 2 is 1.58 bits per heavy atom. The lowest BCUT2D eigenvalue weighted by molar-refractivity contribution is -0.268. The van der Waals surface area contributed by atoms with Crippen LogP contribution in [0.3, 0.4) is 0 Å². The summed E-state index contributed by atoms with van der Waals surface area (Å²) >= 11 is 1.58. The summed E-state index contributed by atoms with van der Waals surface area (Å²) in [6, 6.07) is 17.8. The molecule has 0 saturated carbocycles. The number of hydrogen-bond donors (Lipinski definition) is 2. The van der Waals surface area contributed by atoms with Gasteiger partial charge in [-0.1, -0.05) is 67.2 Å². The van der Waals surface area contributed by atoms with E-state index in [0.717, 1.165) is 33.2 Å². The maximum absolute atomic E-state index is 9.37. The number of hydrogen-bond acceptors (Lipinski definition) is 7. The first kappa shape index (κ1) is 21.9. The Bertz CT molecular complexity index is 954. The number of aliphatic hydroxyl groups is 1. The van der Waals surface area contributed by atoms with Crippen molar-refractivity contribution in [2.75, 3.05) is 5.75 Å². The highest BCUT2D eigenvalue weighted by atomic mass is 32.2. The number of benzene rings is 2. The fourth-order valence-corrected chi connectivity index (χ4v) is 4.60. The SMILES string of the molecule is CC1C(CSc2ncccn2)OC(c2ccc(CN)cc2)OC1c1ccc(CO)cc1. The first-order chi connectivity index (χ1) is 15.2. The molecule has 0 amide bonds. The summed E-state index contributed by atoms with van der Waals surface area (Å²) in [5.74, 6) is 0.840. The molecule has 31 heavy (non-hydrogen) atoms. The molecule has 4 rings (SSSR count). The highest BCUT2D eigenvalue weighted by Gasteiger charge is 2.38. The van der Waals surface area contributed by atoms with Gasteiger partial charge in [-0.3, -0.25) is 0 Å². The molecule has 6 nitrogen and oxygen atoms in total. The van der Waals surface area contributed by atoms with Crippen LogP contribution in [0.4, 0.5) is 0 Å². The third-order valence-corrected chi connectivity index (χ3v) is 6.49. The number of aliphatic hydroxyl groups excluding tert-OH is 1. The zero-order valence-electron chi connectivity index (χ0n) is 17.4. The van der Waals surface area contributed by atoms with Crippen LogP contribution in [0, 0.1) is 5.92 Å². The molecule has 3 N–H and O–H groups in total. The van der Waals surface area contributed by atoms with Gasteiger partial charge in [-0.2, -0.15) is 0 Å². The van der Waals surface area contributed by atoms with Gasteiger partial charge in [-0.05, 0) is 22.8 Å². The Kier molecular flexibility index (Phi) is 7.32. The molecule has 0 aliphatic carbocycles. The van der Waals surface area contributed by atoms with E-state index in [1.165, 1.54) is 0 Å². The first-order valence-electron chi connectivity index (χ1n) is 10.4. The van der Waals surface area contributed by atoms with E-state index in [0.29, 0.717) is 6.54 Å². The van der Waals surface area contributed by atoms with Crippen LogP contribution in [-0.2, 0) is 22.6 Å². The fraction of sp³-hybridized carbons (Fsp3) is 0.333. The Morgan fingerprint density at radius 3 is 2.23 bits per heavy atom. The maximum Gasteiger partial charge on any atom is 0.187 e. The summed E-state index contributed by atoms with van der Waals surface area (Å²) < 4.78 is 12.9. The molecule has 1 fully saturated rings. The molecule has 4 atom stereocenters. The maximum atomic E-state index is 9.37. The van der Waals surface area contributed by atoms with E-state index in [9.17, 15) is 5.11 Å². The van der Waals surface area contributed by atoms with Gasteiger partial charge in [-0.15, -0.1) is 0 Å². The topological polar surface area (TPSA) is 90.5 Å².